The molecule has 1 aromatic carbocycles. The Kier molecular flexibility index (Phi) is 4.80. The van der Waals surface area contributed by atoms with Gasteiger partial charge in [0.2, 0.25) is 5.82 Å². The van der Waals surface area contributed by atoms with Crippen molar-refractivity contribution in [2.45, 2.75) is 25.8 Å². The first-order chi connectivity index (χ1) is 15.4. The molecule has 164 valence electrons. The first kappa shape index (κ1) is 20.0. The van der Waals surface area contributed by atoms with Gasteiger partial charge in [0.05, 0.1) is 6.54 Å². The Labute approximate surface area is 180 Å². The maximum absolute atomic E-state index is 13.1. The van der Waals surface area contributed by atoms with E-state index < -0.39 is 12.0 Å². The highest BCUT2D eigenvalue weighted by molar-refractivity contribution is 5.99. The molecule has 11 heteroatoms. The maximum atomic E-state index is 13.1. The van der Waals surface area contributed by atoms with E-state index in [0.29, 0.717) is 24.7 Å². The van der Waals surface area contributed by atoms with Gasteiger partial charge in [0.1, 0.15) is 11.6 Å². The summed E-state index contributed by atoms with van der Waals surface area (Å²) >= 11 is 0. The van der Waals surface area contributed by atoms with Crippen LogP contribution in [0.5, 0.6) is 0 Å². The van der Waals surface area contributed by atoms with E-state index in [0.717, 1.165) is 26.6 Å². The van der Waals surface area contributed by atoms with Gasteiger partial charge in [-0.25, -0.2) is 9.97 Å². The molecule has 4 aromatic rings. The third kappa shape index (κ3) is 3.66. The van der Waals surface area contributed by atoms with Crippen LogP contribution in [0.2, 0.25) is 0 Å². The number of nitrogens with two attached hydrogens (primary N) is 1. The highest BCUT2D eigenvalue weighted by Gasteiger charge is 2.39. The molecule has 0 atom stereocenters. The maximum Gasteiger partial charge on any atom is 0.451 e. The summed E-state index contributed by atoms with van der Waals surface area (Å²) in [5.41, 5.74) is 7.88. The standard InChI is InChI=1S/C21H19F3N8/c22-21(23,24)20-30-29-18-12-31(8-9-32(18)20)17-10-13(4-6-26-17)11-28-16-3-1-2-15-14(16)5-7-27-19(15)25/h1-7,10,28H,8-9,11-12H2,(H2,25,27). The Morgan fingerprint density at radius 2 is 1.84 bits per heavy atom. The number of nitrogen functional groups attached to an aromatic ring is 1. The van der Waals surface area contributed by atoms with Crippen molar-refractivity contribution in [1.29, 1.82) is 0 Å². The molecule has 3 N–H and O–H groups in total. The molecule has 4 heterocycles. The van der Waals surface area contributed by atoms with Crippen molar-refractivity contribution >= 4 is 28.1 Å². The molecule has 32 heavy (non-hydrogen) atoms. The molecule has 3 aromatic heterocycles. The number of anilines is 3. The van der Waals surface area contributed by atoms with Gasteiger partial charge >= 0.3 is 6.18 Å². The number of nitrogens with one attached hydrogen (secondary N) is 1. The number of hydrogen-bond acceptors (Lipinski definition) is 7. The van der Waals surface area contributed by atoms with Gasteiger partial charge < -0.3 is 20.5 Å². The second-order valence-electron chi connectivity index (χ2n) is 7.48. The van der Waals surface area contributed by atoms with E-state index in [9.17, 15) is 13.2 Å². The van der Waals surface area contributed by atoms with Crippen molar-refractivity contribution < 1.29 is 13.2 Å². The second-order valence-corrected chi connectivity index (χ2v) is 7.48. The molecule has 0 amide bonds. The van der Waals surface area contributed by atoms with Crippen LogP contribution in [0.1, 0.15) is 17.2 Å². The summed E-state index contributed by atoms with van der Waals surface area (Å²) in [7, 11) is 0. The molecular weight excluding hydrogens is 421 g/mol. The topological polar surface area (TPSA) is 97.8 Å². The first-order valence-corrected chi connectivity index (χ1v) is 9.96. The molecular formula is C21H19F3N8. The Morgan fingerprint density at radius 1 is 1.00 bits per heavy atom. The Balaban J connectivity index is 1.33. The fraction of sp³-hybridized carbons (Fsp3) is 0.238. The van der Waals surface area contributed by atoms with E-state index in [1.165, 1.54) is 0 Å². The van der Waals surface area contributed by atoms with Gasteiger partial charge in [0, 0.05) is 48.5 Å². The summed E-state index contributed by atoms with van der Waals surface area (Å²) < 4.78 is 40.3. The molecule has 0 saturated carbocycles. The smallest absolute Gasteiger partial charge is 0.383 e. The summed E-state index contributed by atoms with van der Waals surface area (Å²) in [4.78, 5) is 10.4. The highest BCUT2D eigenvalue weighted by atomic mass is 19.4. The minimum absolute atomic E-state index is 0.146. The van der Waals surface area contributed by atoms with Crippen LogP contribution in [-0.2, 0) is 25.8 Å². The van der Waals surface area contributed by atoms with Gasteiger partial charge in [0.15, 0.2) is 5.82 Å². The van der Waals surface area contributed by atoms with Crippen molar-refractivity contribution in [2.24, 2.45) is 0 Å². The van der Waals surface area contributed by atoms with Gasteiger partial charge in [0.25, 0.3) is 0 Å². The predicted molar refractivity (Wildman–Crippen MR) is 114 cm³/mol. The number of hydrogen-bond donors (Lipinski definition) is 2. The first-order valence-electron chi connectivity index (χ1n) is 9.96. The lowest BCUT2D eigenvalue weighted by molar-refractivity contribution is -0.147. The summed E-state index contributed by atoms with van der Waals surface area (Å²) in [5.74, 6) is 0.474. The molecule has 8 nitrogen and oxygen atoms in total. The number of fused-ring (bicyclic) bond motifs is 2. The minimum Gasteiger partial charge on any atom is -0.383 e. The van der Waals surface area contributed by atoms with Gasteiger partial charge in [-0.2, -0.15) is 13.2 Å². The Hall–Kier alpha value is -3.89. The van der Waals surface area contributed by atoms with Crippen LogP contribution in [0.3, 0.4) is 0 Å². The monoisotopic (exact) mass is 440 g/mol. The summed E-state index contributed by atoms with van der Waals surface area (Å²) in [6.07, 6.45) is -1.15. The van der Waals surface area contributed by atoms with Gasteiger partial charge in [-0.15, -0.1) is 10.2 Å². The van der Waals surface area contributed by atoms with Crippen molar-refractivity contribution in [3.8, 4) is 0 Å². The third-order valence-corrected chi connectivity index (χ3v) is 5.46. The van der Waals surface area contributed by atoms with Crippen LogP contribution < -0.4 is 16.0 Å². The Morgan fingerprint density at radius 3 is 2.69 bits per heavy atom. The molecule has 0 saturated heterocycles. The molecule has 0 spiro atoms. The fourth-order valence-electron chi connectivity index (χ4n) is 3.89. The quantitative estimate of drug-likeness (QED) is 0.502. The van der Waals surface area contributed by atoms with Crippen molar-refractivity contribution in [2.75, 3.05) is 22.5 Å². The van der Waals surface area contributed by atoms with E-state index in [2.05, 4.69) is 25.5 Å². The van der Waals surface area contributed by atoms with Crippen LogP contribution in [0, 0.1) is 0 Å². The summed E-state index contributed by atoms with van der Waals surface area (Å²) in [6, 6.07) is 11.5. The lowest BCUT2D eigenvalue weighted by Crippen LogP contribution is -2.35. The zero-order chi connectivity index (χ0) is 22.3. The van der Waals surface area contributed by atoms with E-state index in [-0.39, 0.29) is 18.9 Å². The second kappa shape index (κ2) is 7.66. The van der Waals surface area contributed by atoms with E-state index in [1.54, 1.807) is 12.4 Å². The van der Waals surface area contributed by atoms with Gasteiger partial charge in [-0.1, -0.05) is 12.1 Å². The number of nitrogens with zero attached hydrogens (tertiary/aromatic N) is 6. The third-order valence-electron chi connectivity index (χ3n) is 5.46. The summed E-state index contributed by atoms with van der Waals surface area (Å²) in [5, 5.41) is 12.3. The van der Waals surface area contributed by atoms with E-state index in [4.69, 9.17) is 5.73 Å². The highest BCUT2D eigenvalue weighted by Crippen LogP contribution is 2.30. The fourth-order valence-corrected chi connectivity index (χ4v) is 3.89. The molecule has 0 fully saturated rings. The number of aromatic nitrogens is 5. The van der Waals surface area contributed by atoms with Crippen LogP contribution in [0.15, 0.2) is 48.8 Å². The zero-order valence-electron chi connectivity index (χ0n) is 16.8. The van der Waals surface area contributed by atoms with Crippen molar-refractivity contribution in [1.82, 2.24) is 24.7 Å². The lowest BCUT2D eigenvalue weighted by atomic mass is 10.1. The largest absolute Gasteiger partial charge is 0.451 e. The molecule has 0 bridgehead atoms. The molecule has 1 aliphatic rings. The van der Waals surface area contributed by atoms with Crippen LogP contribution >= 0.6 is 0 Å². The predicted octanol–water partition coefficient (Wildman–Crippen LogP) is 3.45. The Bertz CT molecular complexity index is 1280. The van der Waals surface area contributed by atoms with Gasteiger partial charge in [-0.3, -0.25) is 0 Å². The van der Waals surface area contributed by atoms with Crippen LogP contribution in [-0.4, -0.2) is 31.3 Å². The number of alkyl halides is 3. The molecule has 5 rings (SSSR count). The number of rotatable bonds is 4. The molecule has 0 aliphatic carbocycles. The number of halogens is 3. The number of pyridine rings is 2. The normalized spacial score (nSPS) is 13.9. The van der Waals surface area contributed by atoms with Crippen molar-refractivity contribution in [3.05, 3.63) is 66.0 Å². The van der Waals surface area contributed by atoms with Gasteiger partial charge in [-0.05, 0) is 29.8 Å². The average Bonchev–Trinajstić information content (AvgIpc) is 3.22. The summed E-state index contributed by atoms with van der Waals surface area (Å²) in [6.45, 7) is 1.28. The lowest BCUT2D eigenvalue weighted by Gasteiger charge is -2.29. The van der Waals surface area contributed by atoms with Crippen LogP contribution in [0.25, 0.3) is 10.8 Å². The van der Waals surface area contributed by atoms with E-state index >= 15 is 0 Å². The molecule has 0 radical (unpaired) electrons. The zero-order valence-corrected chi connectivity index (χ0v) is 16.8. The number of benzene rings is 1. The SMILES string of the molecule is Nc1nccc2c(NCc3ccnc(N4CCn5c(nnc5C(F)(F)F)C4)c3)cccc12. The van der Waals surface area contributed by atoms with Crippen molar-refractivity contribution in [3.63, 3.8) is 0 Å². The minimum atomic E-state index is -4.51. The van der Waals surface area contributed by atoms with E-state index in [1.807, 2.05) is 41.3 Å². The average molecular weight is 440 g/mol. The molecule has 0 unspecified atom stereocenters. The molecule has 1 aliphatic heterocycles. The van der Waals surface area contributed by atoms with Crippen LogP contribution in [0.4, 0.5) is 30.5 Å².